The van der Waals surface area contributed by atoms with E-state index < -0.39 is 0 Å². The maximum absolute atomic E-state index is 9.02. The number of benzene rings is 4. The van der Waals surface area contributed by atoms with Crippen molar-refractivity contribution < 1.29 is 9.68 Å². The highest BCUT2D eigenvalue weighted by Crippen LogP contribution is 2.39. The molecule has 1 radical (unpaired) electrons. The van der Waals surface area contributed by atoms with Gasteiger partial charge in [-0.15, -0.1) is 0 Å². The van der Waals surface area contributed by atoms with Gasteiger partial charge in [0.25, 0.3) is 0 Å². The monoisotopic (exact) mass is 271 g/mol. The maximum atomic E-state index is 9.02. The lowest BCUT2D eigenvalue weighted by molar-refractivity contribution is 0.457. The minimum absolute atomic E-state index is 0.664. The van der Waals surface area contributed by atoms with Gasteiger partial charge in [0.1, 0.15) is 5.75 Å². The highest BCUT2D eigenvalue weighted by atomic mass is 16.5. The van der Waals surface area contributed by atoms with Gasteiger partial charge in [-0.05, 0) is 33.0 Å². The van der Waals surface area contributed by atoms with E-state index in [1.807, 2.05) is 30.3 Å². The van der Waals surface area contributed by atoms with Crippen molar-refractivity contribution >= 4 is 40.0 Å². The van der Waals surface area contributed by atoms with Crippen LogP contribution in [-0.2, 0) is 0 Å². The van der Waals surface area contributed by atoms with Crippen molar-refractivity contribution in [2.75, 3.05) is 0 Å². The van der Waals surface area contributed by atoms with Crippen molar-refractivity contribution in [2.45, 2.75) is 0 Å². The van der Waals surface area contributed by atoms with E-state index in [0.717, 1.165) is 23.8 Å². The molecule has 4 aromatic rings. The molecule has 0 spiro atoms. The van der Waals surface area contributed by atoms with Gasteiger partial charge in [-0.2, -0.15) is 0 Å². The van der Waals surface area contributed by atoms with Crippen molar-refractivity contribution in [3.8, 4) is 5.75 Å². The topological polar surface area (TPSA) is 29.5 Å². The second-order valence-electron chi connectivity index (χ2n) is 4.99. The second kappa shape index (κ2) is 4.79. The van der Waals surface area contributed by atoms with Crippen LogP contribution in [0.5, 0.6) is 5.75 Å². The molecule has 0 atom stereocenters. The first-order valence-electron chi connectivity index (χ1n) is 6.85. The first-order valence-corrected chi connectivity index (χ1v) is 6.85. The largest absolute Gasteiger partial charge is 0.569 e. The highest BCUT2D eigenvalue weighted by molar-refractivity contribution is 6.27. The molecule has 2 nitrogen and oxygen atoms in total. The van der Waals surface area contributed by atoms with Crippen molar-refractivity contribution in [1.82, 2.24) is 0 Å². The van der Waals surface area contributed by atoms with Crippen LogP contribution in [0.4, 0.5) is 0 Å². The van der Waals surface area contributed by atoms with Gasteiger partial charge in [-0.1, -0.05) is 60.7 Å². The van der Waals surface area contributed by atoms with Crippen LogP contribution >= 0.6 is 0 Å². The molecule has 4 rings (SSSR count). The summed E-state index contributed by atoms with van der Waals surface area (Å²) in [6.45, 7) is 0. The van der Waals surface area contributed by atoms with Gasteiger partial charge >= 0.3 is 7.69 Å². The molecular formula is C18H12BO2. The lowest BCUT2D eigenvalue weighted by Crippen LogP contribution is -2.00. The van der Waals surface area contributed by atoms with Crippen molar-refractivity contribution in [3.63, 3.8) is 0 Å². The summed E-state index contributed by atoms with van der Waals surface area (Å²) in [5, 5.41) is 15.9. The van der Waals surface area contributed by atoms with Crippen LogP contribution in [0.2, 0.25) is 0 Å². The first kappa shape index (κ1) is 12.2. The normalized spacial score (nSPS) is 11.1. The van der Waals surface area contributed by atoms with E-state index in [4.69, 9.17) is 9.68 Å². The fourth-order valence-electron chi connectivity index (χ4n) is 3.08. The van der Waals surface area contributed by atoms with E-state index in [-0.39, 0.29) is 0 Å². The van der Waals surface area contributed by atoms with Gasteiger partial charge in [0, 0.05) is 5.39 Å². The van der Waals surface area contributed by atoms with E-state index in [1.165, 1.54) is 16.2 Å². The Morgan fingerprint density at radius 3 is 1.67 bits per heavy atom. The summed E-state index contributed by atoms with van der Waals surface area (Å²) >= 11 is 0. The smallest absolute Gasteiger partial charge is 0.537 e. The van der Waals surface area contributed by atoms with Crippen LogP contribution in [-0.4, -0.2) is 12.7 Å². The minimum Gasteiger partial charge on any atom is -0.537 e. The molecule has 0 aromatic heterocycles. The molecule has 0 fully saturated rings. The predicted octanol–water partition coefficient (Wildman–Crippen LogP) is 4.05. The minimum atomic E-state index is 0.664. The molecule has 0 aliphatic carbocycles. The van der Waals surface area contributed by atoms with Gasteiger partial charge < -0.3 is 9.68 Å². The lowest BCUT2D eigenvalue weighted by atomic mass is 9.94. The van der Waals surface area contributed by atoms with Gasteiger partial charge in [0.2, 0.25) is 0 Å². The zero-order valence-corrected chi connectivity index (χ0v) is 11.3. The maximum Gasteiger partial charge on any atom is 0.569 e. The summed E-state index contributed by atoms with van der Waals surface area (Å²) in [6.07, 6.45) is 0. The summed E-state index contributed by atoms with van der Waals surface area (Å²) in [5.41, 5.74) is 0. The molecule has 0 aliphatic heterocycles. The molecule has 0 unspecified atom stereocenters. The van der Waals surface area contributed by atoms with E-state index in [1.54, 1.807) is 0 Å². The third kappa shape index (κ3) is 1.78. The first-order chi connectivity index (χ1) is 10.4. The number of rotatable bonds is 2. The van der Waals surface area contributed by atoms with Crippen LogP contribution in [0.25, 0.3) is 32.3 Å². The quantitative estimate of drug-likeness (QED) is 0.440. The van der Waals surface area contributed by atoms with Crippen LogP contribution < -0.4 is 4.65 Å². The SMILES string of the molecule is O[B]Oc1cccc2c3ccccc3c3ccccc3c12. The molecule has 0 saturated heterocycles. The van der Waals surface area contributed by atoms with E-state index >= 15 is 0 Å². The molecule has 99 valence electrons. The van der Waals surface area contributed by atoms with Crippen molar-refractivity contribution in [1.29, 1.82) is 0 Å². The Hall–Kier alpha value is -2.52. The number of fused-ring (bicyclic) bond motifs is 6. The average molecular weight is 271 g/mol. The standard InChI is InChI=1S/C18H12BO2/c20-19-21-17-11-5-10-16-14-7-2-1-6-12(14)13-8-3-4-9-15(13)18(16)17/h1-11,20H. The molecule has 0 saturated carbocycles. The molecule has 3 heteroatoms. The molecule has 0 aliphatic rings. The Balaban J connectivity index is 2.33. The van der Waals surface area contributed by atoms with Gasteiger partial charge in [0.05, 0.1) is 0 Å². The molecule has 1 N–H and O–H groups in total. The fraction of sp³-hybridized carbons (Fsp3) is 0. The van der Waals surface area contributed by atoms with Crippen molar-refractivity contribution in [2.24, 2.45) is 0 Å². The highest BCUT2D eigenvalue weighted by Gasteiger charge is 2.11. The van der Waals surface area contributed by atoms with Crippen LogP contribution in [0, 0.1) is 0 Å². The Bertz CT molecular complexity index is 918. The Morgan fingerprint density at radius 1 is 0.619 bits per heavy atom. The Morgan fingerprint density at radius 2 is 1.10 bits per heavy atom. The molecule has 0 heterocycles. The predicted molar refractivity (Wildman–Crippen MR) is 87.6 cm³/mol. The van der Waals surface area contributed by atoms with Gasteiger partial charge in [-0.3, -0.25) is 0 Å². The molecule has 4 aromatic carbocycles. The Kier molecular flexibility index (Phi) is 2.79. The number of hydrogen-bond donors (Lipinski definition) is 1. The van der Waals surface area contributed by atoms with Crippen LogP contribution in [0.15, 0.2) is 66.7 Å². The second-order valence-corrected chi connectivity index (χ2v) is 4.99. The summed E-state index contributed by atoms with van der Waals surface area (Å²) < 4.78 is 5.31. The molecule has 21 heavy (non-hydrogen) atoms. The van der Waals surface area contributed by atoms with Gasteiger partial charge in [0.15, 0.2) is 0 Å². The number of hydrogen-bond acceptors (Lipinski definition) is 2. The average Bonchev–Trinajstić information content (AvgIpc) is 2.55. The van der Waals surface area contributed by atoms with Crippen LogP contribution in [0.1, 0.15) is 0 Å². The van der Waals surface area contributed by atoms with Crippen molar-refractivity contribution in [3.05, 3.63) is 66.7 Å². The fourth-order valence-corrected chi connectivity index (χ4v) is 3.08. The molecule has 0 bridgehead atoms. The Labute approximate surface area is 122 Å². The molecular weight excluding hydrogens is 259 g/mol. The zero-order chi connectivity index (χ0) is 14.2. The van der Waals surface area contributed by atoms with E-state index in [0.29, 0.717) is 5.75 Å². The summed E-state index contributed by atoms with van der Waals surface area (Å²) in [6, 6.07) is 22.6. The summed E-state index contributed by atoms with van der Waals surface area (Å²) in [5.74, 6) is 0.664. The van der Waals surface area contributed by atoms with E-state index in [2.05, 4.69) is 36.4 Å². The lowest BCUT2D eigenvalue weighted by Gasteiger charge is -2.13. The summed E-state index contributed by atoms with van der Waals surface area (Å²) in [4.78, 5) is 0. The van der Waals surface area contributed by atoms with Gasteiger partial charge in [-0.25, -0.2) is 0 Å². The zero-order valence-electron chi connectivity index (χ0n) is 11.3. The molecule has 0 amide bonds. The third-order valence-corrected chi connectivity index (χ3v) is 3.91. The van der Waals surface area contributed by atoms with E-state index in [9.17, 15) is 0 Å². The van der Waals surface area contributed by atoms with Crippen LogP contribution in [0.3, 0.4) is 0 Å². The third-order valence-electron chi connectivity index (χ3n) is 3.91. The summed E-state index contributed by atoms with van der Waals surface area (Å²) in [7, 11) is 0.735.